The highest BCUT2D eigenvalue weighted by Crippen LogP contribution is 2.28. The summed E-state index contributed by atoms with van der Waals surface area (Å²) in [5.74, 6) is -1.19. The van der Waals surface area contributed by atoms with Gasteiger partial charge in [-0.1, -0.05) is 0 Å². The second-order valence-corrected chi connectivity index (χ2v) is 3.81. The van der Waals surface area contributed by atoms with Crippen LogP contribution in [-0.4, -0.2) is 21.0 Å². The van der Waals surface area contributed by atoms with E-state index >= 15 is 0 Å². The molecule has 21 heavy (non-hydrogen) atoms. The Balaban J connectivity index is 2.40. The van der Waals surface area contributed by atoms with E-state index in [1.807, 2.05) is 0 Å². The molecule has 1 N–H and O–H groups in total. The molecule has 2 rings (SSSR count). The monoisotopic (exact) mass is 285 g/mol. The SMILES string of the molecule is N#Cc1cc(Oc2cccnc2C(=O)O)ccc1[N+](=O)[O-]. The molecular weight excluding hydrogens is 278 g/mol. The van der Waals surface area contributed by atoms with E-state index in [9.17, 15) is 14.9 Å². The third kappa shape index (κ3) is 2.93. The van der Waals surface area contributed by atoms with Gasteiger partial charge in [0.2, 0.25) is 0 Å². The molecule has 0 saturated carbocycles. The van der Waals surface area contributed by atoms with Gasteiger partial charge in [0.15, 0.2) is 11.4 Å². The van der Waals surface area contributed by atoms with Gasteiger partial charge in [0.25, 0.3) is 5.69 Å². The fraction of sp³-hybridized carbons (Fsp3) is 0. The summed E-state index contributed by atoms with van der Waals surface area (Å²) in [6.45, 7) is 0. The van der Waals surface area contributed by atoms with Crippen LogP contribution in [0, 0.1) is 21.4 Å². The number of rotatable bonds is 4. The molecule has 0 amide bonds. The predicted molar refractivity (Wildman–Crippen MR) is 69.1 cm³/mol. The van der Waals surface area contributed by atoms with E-state index in [0.29, 0.717) is 0 Å². The maximum Gasteiger partial charge on any atom is 0.358 e. The van der Waals surface area contributed by atoms with E-state index in [2.05, 4.69) is 4.98 Å². The minimum absolute atomic E-state index is 0.0252. The van der Waals surface area contributed by atoms with Crippen LogP contribution in [0.25, 0.3) is 0 Å². The lowest BCUT2D eigenvalue weighted by Crippen LogP contribution is -2.03. The van der Waals surface area contributed by atoms with Crippen LogP contribution in [0.1, 0.15) is 16.1 Å². The average molecular weight is 285 g/mol. The lowest BCUT2D eigenvalue weighted by Gasteiger charge is -2.07. The summed E-state index contributed by atoms with van der Waals surface area (Å²) in [5, 5.41) is 28.6. The highest BCUT2D eigenvalue weighted by atomic mass is 16.6. The van der Waals surface area contributed by atoms with Crippen molar-refractivity contribution in [1.82, 2.24) is 4.98 Å². The molecule has 0 aliphatic carbocycles. The standard InChI is InChI=1S/C13H7N3O5/c14-7-8-6-9(3-4-10(8)16(19)20)21-11-2-1-5-15-12(11)13(17)18/h1-6H,(H,17,18). The van der Waals surface area contributed by atoms with Gasteiger partial charge >= 0.3 is 5.97 Å². The minimum Gasteiger partial charge on any atom is -0.476 e. The van der Waals surface area contributed by atoms with Gasteiger partial charge in [0.05, 0.1) is 4.92 Å². The van der Waals surface area contributed by atoms with Crippen LogP contribution in [0.3, 0.4) is 0 Å². The Kier molecular flexibility index (Phi) is 3.76. The van der Waals surface area contributed by atoms with Crippen molar-refractivity contribution in [2.24, 2.45) is 0 Å². The Labute approximate surface area is 118 Å². The Morgan fingerprint density at radius 2 is 2.19 bits per heavy atom. The topological polar surface area (TPSA) is 126 Å². The quantitative estimate of drug-likeness (QED) is 0.674. The molecule has 8 nitrogen and oxygen atoms in total. The van der Waals surface area contributed by atoms with Gasteiger partial charge in [-0.3, -0.25) is 10.1 Å². The molecule has 1 aromatic carbocycles. The maximum absolute atomic E-state index is 11.0. The van der Waals surface area contributed by atoms with Crippen LogP contribution in [-0.2, 0) is 0 Å². The van der Waals surface area contributed by atoms with Crippen molar-refractivity contribution in [1.29, 1.82) is 5.26 Å². The normalized spacial score (nSPS) is 9.67. The number of pyridine rings is 1. The molecule has 0 unspecified atom stereocenters. The van der Waals surface area contributed by atoms with Crippen LogP contribution >= 0.6 is 0 Å². The molecule has 1 heterocycles. The first kappa shape index (κ1) is 14.0. The lowest BCUT2D eigenvalue weighted by atomic mass is 10.2. The Bertz CT molecular complexity index is 767. The van der Waals surface area contributed by atoms with Crippen molar-refractivity contribution in [2.45, 2.75) is 0 Å². The molecule has 8 heteroatoms. The van der Waals surface area contributed by atoms with Crippen LogP contribution in [0.2, 0.25) is 0 Å². The second-order valence-electron chi connectivity index (χ2n) is 3.81. The average Bonchev–Trinajstić information content (AvgIpc) is 2.47. The largest absolute Gasteiger partial charge is 0.476 e. The summed E-state index contributed by atoms with van der Waals surface area (Å²) in [6.07, 6.45) is 1.30. The Hall–Kier alpha value is -3.47. The number of aromatic carboxylic acids is 1. The van der Waals surface area contributed by atoms with Crippen molar-refractivity contribution in [3.63, 3.8) is 0 Å². The fourth-order valence-corrected chi connectivity index (χ4v) is 1.59. The first-order valence-electron chi connectivity index (χ1n) is 5.57. The number of carbonyl (C=O) groups is 1. The summed E-state index contributed by atoms with van der Waals surface area (Å²) in [7, 11) is 0. The number of aromatic nitrogens is 1. The Morgan fingerprint density at radius 1 is 1.43 bits per heavy atom. The molecule has 0 aliphatic heterocycles. The number of carboxylic acid groups (broad SMARTS) is 1. The van der Waals surface area contributed by atoms with Crippen molar-refractivity contribution in [2.75, 3.05) is 0 Å². The lowest BCUT2D eigenvalue weighted by molar-refractivity contribution is -0.385. The van der Waals surface area contributed by atoms with Gasteiger partial charge in [-0.15, -0.1) is 0 Å². The highest BCUT2D eigenvalue weighted by Gasteiger charge is 2.17. The number of hydrogen-bond acceptors (Lipinski definition) is 6. The molecule has 0 spiro atoms. The van der Waals surface area contributed by atoms with Gasteiger partial charge in [0, 0.05) is 18.3 Å². The number of nitriles is 1. The number of nitrogens with zero attached hydrogens (tertiary/aromatic N) is 3. The van der Waals surface area contributed by atoms with E-state index in [1.54, 1.807) is 6.07 Å². The van der Waals surface area contributed by atoms with Crippen LogP contribution in [0.15, 0.2) is 36.5 Å². The van der Waals surface area contributed by atoms with E-state index in [0.717, 1.165) is 12.1 Å². The first-order valence-corrected chi connectivity index (χ1v) is 5.57. The van der Waals surface area contributed by atoms with Gasteiger partial charge in [-0.25, -0.2) is 9.78 Å². The van der Waals surface area contributed by atoms with E-state index in [4.69, 9.17) is 15.1 Å². The maximum atomic E-state index is 11.0. The molecular formula is C13H7N3O5. The molecule has 0 aliphatic rings. The predicted octanol–water partition coefficient (Wildman–Crippen LogP) is 2.35. The van der Waals surface area contributed by atoms with Gasteiger partial charge in [0.1, 0.15) is 17.4 Å². The van der Waals surface area contributed by atoms with E-state index in [1.165, 1.54) is 24.4 Å². The highest BCUT2D eigenvalue weighted by molar-refractivity contribution is 5.88. The molecule has 0 radical (unpaired) electrons. The number of nitro groups is 1. The van der Waals surface area contributed by atoms with Crippen LogP contribution in [0.4, 0.5) is 5.69 Å². The molecule has 104 valence electrons. The third-order valence-electron chi connectivity index (χ3n) is 2.49. The van der Waals surface area contributed by atoms with Gasteiger partial charge in [-0.05, 0) is 18.2 Å². The van der Waals surface area contributed by atoms with E-state index < -0.39 is 10.9 Å². The van der Waals surface area contributed by atoms with Crippen molar-refractivity contribution in [3.8, 4) is 17.6 Å². The molecule has 2 aromatic rings. The number of carboxylic acids is 1. The van der Waals surface area contributed by atoms with Crippen molar-refractivity contribution in [3.05, 3.63) is 57.9 Å². The smallest absolute Gasteiger partial charge is 0.358 e. The zero-order valence-electron chi connectivity index (χ0n) is 10.4. The third-order valence-corrected chi connectivity index (χ3v) is 2.49. The van der Waals surface area contributed by atoms with E-state index in [-0.39, 0.29) is 28.4 Å². The van der Waals surface area contributed by atoms with Crippen LogP contribution in [0.5, 0.6) is 11.5 Å². The van der Waals surface area contributed by atoms with Gasteiger partial charge < -0.3 is 9.84 Å². The summed E-state index contributed by atoms with van der Waals surface area (Å²) >= 11 is 0. The molecule has 0 fully saturated rings. The molecule has 0 bridgehead atoms. The zero-order chi connectivity index (χ0) is 15.4. The number of hydrogen-bond donors (Lipinski definition) is 1. The van der Waals surface area contributed by atoms with Crippen LogP contribution < -0.4 is 4.74 Å². The summed E-state index contributed by atoms with van der Waals surface area (Å²) in [6, 6.07) is 8.12. The first-order chi connectivity index (χ1) is 10.0. The molecule has 0 saturated heterocycles. The Morgan fingerprint density at radius 3 is 2.81 bits per heavy atom. The number of benzene rings is 1. The summed E-state index contributed by atoms with van der Waals surface area (Å²) in [4.78, 5) is 24.7. The summed E-state index contributed by atoms with van der Waals surface area (Å²) in [5.41, 5.74) is -0.831. The number of ether oxygens (including phenoxy) is 1. The summed E-state index contributed by atoms with van der Waals surface area (Å²) < 4.78 is 5.33. The minimum atomic E-state index is -1.27. The molecule has 1 aromatic heterocycles. The molecule has 0 atom stereocenters. The van der Waals surface area contributed by atoms with Crippen molar-refractivity contribution >= 4 is 11.7 Å². The fourth-order valence-electron chi connectivity index (χ4n) is 1.59. The van der Waals surface area contributed by atoms with Crippen molar-refractivity contribution < 1.29 is 19.6 Å². The zero-order valence-corrected chi connectivity index (χ0v) is 10.4. The van der Waals surface area contributed by atoms with Gasteiger partial charge in [-0.2, -0.15) is 5.26 Å². The second kappa shape index (κ2) is 5.66. The number of nitro benzene ring substituents is 1.